The second-order valence-corrected chi connectivity index (χ2v) is 6.06. The molecule has 0 saturated carbocycles. The molecule has 1 heterocycles. The quantitative estimate of drug-likeness (QED) is 0.449. The van der Waals surface area contributed by atoms with Crippen molar-refractivity contribution in [3.05, 3.63) is 0 Å². The summed E-state index contributed by atoms with van der Waals surface area (Å²) >= 11 is 0. The Labute approximate surface area is 151 Å². The van der Waals surface area contributed by atoms with Gasteiger partial charge in [0.05, 0.1) is 0 Å². The van der Waals surface area contributed by atoms with Crippen molar-refractivity contribution >= 4 is 23.9 Å². The molecule has 1 rings (SSSR count). The highest BCUT2D eigenvalue weighted by Crippen LogP contribution is 2.30. The van der Waals surface area contributed by atoms with E-state index in [0.717, 1.165) is 0 Å². The molecule has 0 aromatic carbocycles. The van der Waals surface area contributed by atoms with Crippen LogP contribution in [0.5, 0.6) is 0 Å². The molecule has 10 nitrogen and oxygen atoms in total. The Hall–Kier alpha value is -2.20. The minimum atomic E-state index is -1.13. The third-order valence-electron chi connectivity index (χ3n) is 3.55. The summed E-state index contributed by atoms with van der Waals surface area (Å²) in [5, 5.41) is 0. The van der Waals surface area contributed by atoms with Gasteiger partial charge in [0.15, 0.2) is 12.2 Å². The number of nitrogens with zero attached hydrogens (tertiary/aromatic N) is 1. The van der Waals surface area contributed by atoms with Crippen molar-refractivity contribution in [3.63, 3.8) is 0 Å². The van der Waals surface area contributed by atoms with E-state index in [-0.39, 0.29) is 6.61 Å². The van der Waals surface area contributed by atoms with E-state index in [0.29, 0.717) is 0 Å². The molecule has 0 aromatic heterocycles. The highest BCUT2D eigenvalue weighted by atomic mass is 16.7. The predicted molar refractivity (Wildman–Crippen MR) is 85.6 cm³/mol. The van der Waals surface area contributed by atoms with Crippen LogP contribution in [0.4, 0.5) is 0 Å². The zero-order valence-corrected chi connectivity index (χ0v) is 15.7. The molecule has 1 saturated heterocycles. The van der Waals surface area contributed by atoms with Gasteiger partial charge in [0, 0.05) is 27.7 Å². The molecule has 0 unspecified atom stereocenters. The maximum atomic E-state index is 11.6. The second kappa shape index (κ2) is 9.48. The predicted octanol–water partition coefficient (Wildman–Crippen LogP) is -0.369. The number of carbonyl (C=O) groups excluding carboxylic acids is 4. The van der Waals surface area contributed by atoms with Crippen molar-refractivity contribution in [2.45, 2.75) is 58.3 Å². The SMILES string of the molecule is CC(=O)OC[C@@H]1O[C@@H](OC(C)=O)[C@@H](N(C)C)[C@H](OC(C)=O)[C@H]1OC(C)=O. The standard InChI is InChI=1S/C16H25NO9/c1-8(18)22-7-12-14(23-9(2)19)15(24-10(3)20)13(17(5)6)16(26-12)25-11(4)21/h12-16H,7H2,1-6H3/t12-,13-,14-,15-,16+/m0/s1. The molecule has 1 fully saturated rings. The van der Waals surface area contributed by atoms with Gasteiger partial charge in [-0.15, -0.1) is 0 Å². The molecule has 0 aliphatic carbocycles. The summed E-state index contributed by atoms with van der Waals surface area (Å²) in [6.45, 7) is 4.53. The van der Waals surface area contributed by atoms with Gasteiger partial charge in [0.1, 0.15) is 18.8 Å². The van der Waals surface area contributed by atoms with Gasteiger partial charge in [-0.3, -0.25) is 24.1 Å². The van der Waals surface area contributed by atoms with Crippen LogP contribution in [0.2, 0.25) is 0 Å². The largest absolute Gasteiger partial charge is 0.463 e. The van der Waals surface area contributed by atoms with Crippen LogP contribution < -0.4 is 0 Å². The summed E-state index contributed by atoms with van der Waals surface area (Å²) in [6, 6.07) is -0.749. The molecule has 148 valence electrons. The third kappa shape index (κ3) is 6.26. The zero-order chi connectivity index (χ0) is 20.0. The van der Waals surface area contributed by atoms with Crippen molar-refractivity contribution in [1.82, 2.24) is 4.90 Å². The Morgan fingerprint density at radius 2 is 1.31 bits per heavy atom. The van der Waals surface area contributed by atoms with Gasteiger partial charge in [0.2, 0.25) is 6.29 Å². The van der Waals surface area contributed by atoms with Gasteiger partial charge in [-0.25, -0.2) is 0 Å². The number of ether oxygens (including phenoxy) is 5. The molecule has 0 spiro atoms. The normalized spacial score (nSPS) is 28.2. The lowest BCUT2D eigenvalue weighted by molar-refractivity contribution is -0.282. The fourth-order valence-corrected chi connectivity index (χ4v) is 2.69. The van der Waals surface area contributed by atoms with Crippen molar-refractivity contribution in [2.75, 3.05) is 20.7 Å². The maximum Gasteiger partial charge on any atom is 0.304 e. The highest BCUT2D eigenvalue weighted by Gasteiger charge is 2.52. The molecular weight excluding hydrogens is 350 g/mol. The summed E-state index contributed by atoms with van der Waals surface area (Å²) in [6.07, 6.45) is -4.19. The average Bonchev–Trinajstić information content (AvgIpc) is 2.45. The highest BCUT2D eigenvalue weighted by molar-refractivity contribution is 5.68. The molecule has 0 aromatic rings. The fraction of sp³-hybridized carbons (Fsp3) is 0.750. The lowest BCUT2D eigenvalue weighted by Crippen LogP contribution is -2.65. The van der Waals surface area contributed by atoms with E-state index < -0.39 is 54.5 Å². The Morgan fingerprint density at radius 1 is 0.808 bits per heavy atom. The van der Waals surface area contributed by atoms with E-state index in [4.69, 9.17) is 23.7 Å². The van der Waals surface area contributed by atoms with E-state index in [1.54, 1.807) is 19.0 Å². The molecule has 0 N–H and O–H groups in total. The first kappa shape index (κ1) is 21.8. The lowest BCUT2D eigenvalue weighted by atomic mass is 9.95. The second-order valence-electron chi connectivity index (χ2n) is 6.06. The number of likely N-dealkylation sites (N-methyl/N-ethyl adjacent to an activating group) is 1. The molecule has 1 aliphatic heterocycles. The molecule has 10 heteroatoms. The Morgan fingerprint density at radius 3 is 1.73 bits per heavy atom. The molecule has 26 heavy (non-hydrogen) atoms. The van der Waals surface area contributed by atoms with E-state index in [2.05, 4.69) is 0 Å². The molecule has 1 aliphatic rings. The van der Waals surface area contributed by atoms with Gasteiger partial charge in [-0.2, -0.15) is 0 Å². The fourth-order valence-electron chi connectivity index (χ4n) is 2.69. The first-order valence-electron chi connectivity index (χ1n) is 7.99. The summed E-state index contributed by atoms with van der Waals surface area (Å²) in [5.74, 6) is -2.43. The summed E-state index contributed by atoms with van der Waals surface area (Å²) in [4.78, 5) is 47.3. The van der Waals surface area contributed by atoms with Gasteiger partial charge in [0.25, 0.3) is 0 Å². The number of hydrogen-bond donors (Lipinski definition) is 0. The summed E-state index contributed by atoms with van der Waals surface area (Å²) < 4.78 is 26.5. The van der Waals surface area contributed by atoms with Crippen LogP contribution in [0, 0.1) is 0 Å². The van der Waals surface area contributed by atoms with Gasteiger partial charge < -0.3 is 23.7 Å². The van der Waals surface area contributed by atoms with Gasteiger partial charge >= 0.3 is 23.9 Å². The monoisotopic (exact) mass is 375 g/mol. The van der Waals surface area contributed by atoms with Crippen molar-refractivity contribution in [3.8, 4) is 0 Å². The molecular formula is C16H25NO9. The molecule has 0 radical (unpaired) electrons. The van der Waals surface area contributed by atoms with E-state index in [9.17, 15) is 19.2 Å². The molecule has 5 atom stereocenters. The number of carbonyl (C=O) groups is 4. The lowest BCUT2D eigenvalue weighted by Gasteiger charge is -2.46. The number of esters is 4. The maximum absolute atomic E-state index is 11.6. The van der Waals surface area contributed by atoms with Crippen LogP contribution in [-0.2, 0) is 42.9 Å². The van der Waals surface area contributed by atoms with Gasteiger partial charge in [-0.1, -0.05) is 0 Å². The zero-order valence-electron chi connectivity index (χ0n) is 15.7. The van der Waals surface area contributed by atoms with Crippen molar-refractivity contribution in [2.24, 2.45) is 0 Å². The van der Waals surface area contributed by atoms with Crippen LogP contribution in [-0.4, -0.2) is 80.1 Å². The van der Waals surface area contributed by atoms with Crippen molar-refractivity contribution in [1.29, 1.82) is 0 Å². The average molecular weight is 375 g/mol. The van der Waals surface area contributed by atoms with Gasteiger partial charge in [-0.05, 0) is 14.1 Å². The number of rotatable bonds is 6. The van der Waals surface area contributed by atoms with E-state index in [1.807, 2.05) is 0 Å². The smallest absolute Gasteiger partial charge is 0.304 e. The van der Waals surface area contributed by atoms with Crippen LogP contribution in [0.1, 0.15) is 27.7 Å². The van der Waals surface area contributed by atoms with Crippen LogP contribution in [0.3, 0.4) is 0 Å². The van der Waals surface area contributed by atoms with E-state index in [1.165, 1.54) is 27.7 Å². The number of hydrogen-bond acceptors (Lipinski definition) is 10. The summed E-state index contributed by atoms with van der Waals surface area (Å²) in [7, 11) is 3.33. The van der Waals surface area contributed by atoms with E-state index >= 15 is 0 Å². The van der Waals surface area contributed by atoms with Crippen LogP contribution in [0.25, 0.3) is 0 Å². The first-order chi connectivity index (χ1) is 12.0. The summed E-state index contributed by atoms with van der Waals surface area (Å²) in [5.41, 5.74) is 0. The topological polar surface area (TPSA) is 118 Å². The molecule has 0 amide bonds. The minimum absolute atomic E-state index is 0.275. The van der Waals surface area contributed by atoms with Crippen LogP contribution in [0.15, 0.2) is 0 Å². The Balaban J connectivity index is 3.26. The first-order valence-corrected chi connectivity index (χ1v) is 7.99. The van der Waals surface area contributed by atoms with Crippen LogP contribution >= 0.6 is 0 Å². The minimum Gasteiger partial charge on any atom is -0.463 e. The Kier molecular flexibility index (Phi) is 7.97. The third-order valence-corrected chi connectivity index (χ3v) is 3.55. The van der Waals surface area contributed by atoms with Crippen molar-refractivity contribution < 1.29 is 42.9 Å². The Bertz CT molecular complexity index is 548. The molecule has 0 bridgehead atoms.